The van der Waals surface area contributed by atoms with Crippen molar-refractivity contribution in [3.63, 3.8) is 0 Å². The van der Waals surface area contributed by atoms with Gasteiger partial charge < -0.3 is 5.11 Å². The van der Waals surface area contributed by atoms with Crippen LogP contribution in [0.3, 0.4) is 0 Å². The van der Waals surface area contributed by atoms with Gasteiger partial charge in [-0.3, -0.25) is 0 Å². The largest absolute Gasteiger partial charge is 0.390 e. The number of aryl methyl sites for hydroxylation is 1. The van der Waals surface area contributed by atoms with Gasteiger partial charge in [-0.05, 0) is 44.7 Å². The first-order valence-corrected chi connectivity index (χ1v) is 5.36. The van der Waals surface area contributed by atoms with Gasteiger partial charge in [-0.25, -0.2) is 4.39 Å². The van der Waals surface area contributed by atoms with Gasteiger partial charge in [0.25, 0.3) is 0 Å². The van der Waals surface area contributed by atoms with Crippen LogP contribution in [0.2, 0.25) is 0 Å². The standard InChI is InChI=1S/C13H17FO/c1-9-5-4-6-10(11(9)14)13(7-8-13)12(2,3)15/h4-6,15H,7-8H2,1-3H3. The fourth-order valence-electron chi connectivity index (χ4n) is 2.35. The lowest BCUT2D eigenvalue weighted by Crippen LogP contribution is -2.36. The molecule has 0 bridgehead atoms. The summed E-state index contributed by atoms with van der Waals surface area (Å²) >= 11 is 0. The molecule has 1 saturated carbocycles. The lowest BCUT2D eigenvalue weighted by Gasteiger charge is -2.30. The Morgan fingerprint density at radius 3 is 2.40 bits per heavy atom. The molecule has 82 valence electrons. The summed E-state index contributed by atoms with van der Waals surface area (Å²) in [4.78, 5) is 0. The zero-order valence-electron chi connectivity index (χ0n) is 9.47. The normalized spacial score (nSPS) is 19.0. The van der Waals surface area contributed by atoms with E-state index in [1.54, 1.807) is 32.9 Å². The summed E-state index contributed by atoms with van der Waals surface area (Å²) < 4.78 is 14.0. The van der Waals surface area contributed by atoms with Crippen molar-refractivity contribution in [1.29, 1.82) is 0 Å². The van der Waals surface area contributed by atoms with E-state index in [2.05, 4.69) is 0 Å². The van der Waals surface area contributed by atoms with Crippen LogP contribution in [0.1, 0.15) is 37.8 Å². The Morgan fingerprint density at radius 1 is 1.33 bits per heavy atom. The predicted octanol–water partition coefficient (Wildman–Crippen LogP) is 2.94. The summed E-state index contributed by atoms with van der Waals surface area (Å²) in [6.45, 7) is 5.29. The van der Waals surface area contributed by atoms with Gasteiger partial charge in [-0.2, -0.15) is 0 Å². The third-order valence-corrected chi connectivity index (χ3v) is 3.63. The Kier molecular flexibility index (Phi) is 2.16. The summed E-state index contributed by atoms with van der Waals surface area (Å²) in [6, 6.07) is 5.42. The molecule has 0 amide bonds. The molecule has 1 N–H and O–H groups in total. The lowest BCUT2D eigenvalue weighted by molar-refractivity contribution is 0.0367. The van der Waals surface area contributed by atoms with Crippen molar-refractivity contribution < 1.29 is 9.50 Å². The van der Waals surface area contributed by atoms with Crippen LogP contribution < -0.4 is 0 Å². The molecule has 0 radical (unpaired) electrons. The maximum atomic E-state index is 14.0. The first-order chi connectivity index (χ1) is 6.88. The molecule has 1 aliphatic carbocycles. The van der Waals surface area contributed by atoms with Crippen LogP contribution in [0.25, 0.3) is 0 Å². The first kappa shape index (κ1) is 10.6. The van der Waals surface area contributed by atoms with E-state index in [0.717, 1.165) is 12.8 Å². The second-order valence-corrected chi connectivity index (χ2v) is 5.08. The molecule has 15 heavy (non-hydrogen) atoms. The Bertz CT molecular complexity index is 386. The highest BCUT2D eigenvalue weighted by Crippen LogP contribution is 2.56. The van der Waals surface area contributed by atoms with Gasteiger partial charge in [-0.15, -0.1) is 0 Å². The molecule has 0 unspecified atom stereocenters. The number of aliphatic hydroxyl groups is 1. The van der Waals surface area contributed by atoms with E-state index in [1.165, 1.54) is 0 Å². The highest BCUT2D eigenvalue weighted by Gasteiger charge is 2.56. The van der Waals surface area contributed by atoms with Crippen molar-refractivity contribution >= 4 is 0 Å². The van der Waals surface area contributed by atoms with E-state index in [0.29, 0.717) is 11.1 Å². The van der Waals surface area contributed by atoms with E-state index in [1.807, 2.05) is 6.07 Å². The van der Waals surface area contributed by atoms with Crippen LogP contribution in [0.15, 0.2) is 18.2 Å². The number of halogens is 1. The number of hydrogen-bond acceptors (Lipinski definition) is 1. The number of hydrogen-bond donors (Lipinski definition) is 1. The minimum absolute atomic E-state index is 0.155. The average molecular weight is 208 g/mol. The fourth-order valence-corrected chi connectivity index (χ4v) is 2.35. The zero-order valence-corrected chi connectivity index (χ0v) is 9.47. The molecule has 1 aromatic carbocycles. The maximum Gasteiger partial charge on any atom is 0.129 e. The third kappa shape index (κ3) is 1.48. The molecule has 0 spiro atoms. The maximum absolute atomic E-state index is 14.0. The fraction of sp³-hybridized carbons (Fsp3) is 0.538. The summed E-state index contributed by atoms with van der Waals surface area (Å²) in [5.74, 6) is -0.155. The van der Waals surface area contributed by atoms with Crippen molar-refractivity contribution in [3.05, 3.63) is 35.1 Å². The van der Waals surface area contributed by atoms with Crippen molar-refractivity contribution in [2.45, 2.75) is 44.6 Å². The van der Waals surface area contributed by atoms with Crippen LogP contribution in [0, 0.1) is 12.7 Å². The van der Waals surface area contributed by atoms with Crippen LogP contribution in [-0.4, -0.2) is 10.7 Å². The van der Waals surface area contributed by atoms with Crippen LogP contribution >= 0.6 is 0 Å². The Morgan fingerprint density at radius 2 is 1.93 bits per heavy atom. The van der Waals surface area contributed by atoms with E-state index in [4.69, 9.17) is 0 Å². The quantitative estimate of drug-likeness (QED) is 0.792. The summed E-state index contributed by atoms with van der Waals surface area (Å²) in [5.41, 5.74) is 0.128. The number of rotatable bonds is 2. The molecule has 2 heteroatoms. The van der Waals surface area contributed by atoms with E-state index >= 15 is 0 Å². The van der Waals surface area contributed by atoms with Crippen LogP contribution in [-0.2, 0) is 5.41 Å². The van der Waals surface area contributed by atoms with Gasteiger partial charge in [-0.1, -0.05) is 18.2 Å². The average Bonchev–Trinajstić information content (AvgIpc) is 2.89. The van der Waals surface area contributed by atoms with Gasteiger partial charge in [0.2, 0.25) is 0 Å². The van der Waals surface area contributed by atoms with Crippen LogP contribution in [0.4, 0.5) is 4.39 Å². The lowest BCUT2D eigenvalue weighted by atomic mass is 9.80. The first-order valence-electron chi connectivity index (χ1n) is 5.36. The van der Waals surface area contributed by atoms with Crippen molar-refractivity contribution in [1.82, 2.24) is 0 Å². The minimum Gasteiger partial charge on any atom is -0.390 e. The van der Waals surface area contributed by atoms with Crippen LogP contribution in [0.5, 0.6) is 0 Å². The van der Waals surface area contributed by atoms with Gasteiger partial charge in [0.15, 0.2) is 0 Å². The Balaban J connectivity index is 2.51. The Labute approximate surface area is 89.9 Å². The van der Waals surface area contributed by atoms with E-state index in [9.17, 15) is 9.50 Å². The molecule has 0 aliphatic heterocycles. The number of benzene rings is 1. The molecule has 0 atom stereocenters. The predicted molar refractivity (Wildman–Crippen MR) is 58.3 cm³/mol. The van der Waals surface area contributed by atoms with E-state index in [-0.39, 0.29) is 11.2 Å². The molecule has 1 aliphatic rings. The smallest absolute Gasteiger partial charge is 0.129 e. The third-order valence-electron chi connectivity index (χ3n) is 3.63. The molecule has 1 fully saturated rings. The summed E-state index contributed by atoms with van der Waals surface area (Å²) in [5, 5.41) is 10.1. The molecule has 2 rings (SSSR count). The van der Waals surface area contributed by atoms with Gasteiger partial charge in [0, 0.05) is 5.41 Å². The van der Waals surface area contributed by atoms with Crippen molar-refractivity contribution in [3.8, 4) is 0 Å². The van der Waals surface area contributed by atoms with Crippen molar-refractivity contribution in [2.75, 3.05) is 0 Å². The second-order valence-electron chi connectivity index (χ2n) is 5.08. The summed E-state index contributed by atoms with van der Waals surface area (Å²) in [7, 11) is 0. The Hall–Kier alpha value is -0.890. The second kappa shape index (κ2) is 3.05. The SMILES string of the molecule is Cc1cccc(C2(C(C)(C)O)CC2)c1F. The summed E-state index contributed by atoms with van der Waals surface area (Å²) in [6.07, 6.45) is 1.74. The monoisotopic (exact) mass is 208 g/mol. The van der Waals surface area contributed by atoms with Gasteiger partial charge >= 0.3 is 0 Å². The highest BCUT2D eigenvalue weighted by atomic mass is 19.1. The van der Waals surface area contributed by atoms with E-state index < -0.39 is 5.60 Å². The van der Waals surface area contributed by atoms with Gasteiger partial charge in [0.05, 0.1) is 5.60 Å². The topological polar surface area (TPSA) is 20.2 Å². The molecule has 1 nitrogen and oxygen atoms in total. The molecule has 0 saturated heterocycles. The molecule has 1 aromatic rings. The zero-order chi connectivity index (χ0) is 11.3. The van der Waals surface area contributed by atoms with Gasteiger partial charge in [0.1, 0.15) is 5.82 Å². The minimum atomic E-state index is -0.846. The molecule has 0 aromatic heterocycles. The molecular weight excluding hydrogens is 191 g/mol. The highest BCUT2D eigenvalue weighted by molar-refractivity contribution is 5.39. The molecular formula is C13H17FO. The molecule has 0 heterocycles. The van der Waals surface area contributed by atoms with Crippen molar-refractivity contribution in [2.24, 2.45) is 0 Å².